The summed E-state index contributed by atoms with van der Waals surface area (Å²) in [6.07, 6.45) is 0.827. The Balaban J connectivity index is 2.50. The van der Waals surface area contributed by atoms with E-state index in [9.17, 15) is 0 Å². The Hall–Kier alpha value is -0.890. The van der Waals surface area contributed by atoms with E-state index in [0.29, 0.717) is 0 Å². The van der Waals surface area contributed by atoms with Gasteiger partial charge in [-0.2, -0.15) is 0 Å². The summed E-state index contributed by atoms with van der Waals surface area (Å²) in [6.45, 7) is 6.35. The SMILES string of the molecule is CC(C)(C)NC(=S)Cc1ccccc1. The molecule has 0 aliphatic carbocycles. The fourth-order valence-corrected chi connectivity index (χ4v) is 1.72. The maximum atomic E-state index is 5.27. The number of benzene rings is 1. The third-order valence-electron chi connectivity index (χ3n) is 1.72. The molecule has 1 aromatic rings. The van der Waals surface area contributed by atoms with Crippen molar-refractivity contribution in [1.29, 1.82) is 0 Å². The summed E-state index contributed by atoms with van der Waals surface area (Å²) in [5.41, 5.74) is 1.32. The largest absolute Gasteiger partial charge is 0.375 e. The fraction of sp³-hybridized carbons (Fsp3) is 0.417. The molecule has 0 heterocycles. The van der Waals surface area contributed by atoms with Crippen molar-refractivity contribution in [3.63, 3.8) is 0 Å². The van der Waals surface area contributed by atoms with Crippen LogP contribution < -0.4 is 5.32 Å². The van der Waals surface area contributed by atoms with Gasteiger partial charge in [-0.25, -0.2) is 0 Å². The Morgan fingerprint density at radius 1 is 1.21 bits per heavy atom. The zero-order valence-corrected chi connectivity index (χ0v) is 9.82. The van der Waals surface area contributed by atoms with E-state index in [1.54, 1.807) is 0 Å². The first-order valence-electron chi connectivity index (χ1n) is 4.82. The van der Waals surface area contributed by atoms with Gasteiger partial charge in [0.2, 0.25) is 0 Å². The number of hydrogen-bond donors (Lipinski definition) is 1. The molecule has 0 amide bonds. The molecule has 1 N–H and O–H groups in total. The summed E-state index contributed by atoms with van der Waals surface area (Å²) in [6, 6.07) is 10.3. The minimum Gasteiger partial charge on any atom is -0.375 e. The van der Waals surface area contributed by atoms with E-state index in [-0.39, 0.29) is 5.54 Å². The lowest BCUT2D eigenvalue weighted by atomic mass is 10.1. The van der Waals surface area contributed by atoms with E-state index in [1.807, 2.05) is 18.2 Å². The molecule has 0 saturated carbocycles. The Morgan fingerprint density at radius 3 is 2.29 bits per heavy atom. The van der Waals surface area contributed by atoms with Crippen molar-refractivity contribution in [3.8, 4) is 0 Å². The highest BCUT2D eigenvalue weighted by Crippen LogP contribution is 2.04. The average Bonchev–Trinajstić information content (AvgIpc) is 2.02. The fourth-order valence-electron chi connectivity index (χ4n) is 1.24. The molecule has 1 rings (SSSR count). The highest BCUT2D eigenvalue weighted by atomic mass is 32.1. The van der Waals surface area contributed by atoms with E-state index in [2.05, 4.69) is 38.2 Å². The van der Waals surface area contributed by atoms with Crippen molar-refractivity contribution in [2.45, 2.75) is 32.7 Å². The summed E-state index contributed by atoms with van der Waals surface area (Å²) in [7, 11) is 0. The minimum atomic E-state index is 0.0614. The molecule has 2 heteroatoms. The van der Waals surface area contributed by atoms with Gasteiger partial charge in [-0.05, 0) is 26.3 Å². The maximum absolute atomic E-state index is 5.27. The van der Waals surface area contributed by atoms with Crippen molar-refractivity contribution < 1.29 is 0 Å². The summed E-state index contributed by atoms with van der Waals surface area (Å²) in [5.74, 6) is 0. The van der Waals surface area contributed by atoms with Gasteiger partial charge in [0.05, 0.1) is 4.99 Å². The summed E-state index contributed by atoms with van der Waals surface area (Å²) >= 11 is 5.27. The second-order valence-corrected chi connectivity index (χ2v) is 4.95. The van der Waals surface area contributed by atoms with Crippen LogP contribution in [-0.2, 0) is 6.42 Å². The summed E-state index contributed by atoms with van der Waals surface area (Å²) < 4.78 is 0. The van der Waals surface area contributed by atoms with E-state index >= 15 is 0 Å². The van der Waals surface area contributed by atoms with Gasteiger partial charge in [0, 0.05) is 12.0 Å². The number of hydrogen-bond acceptors (Lipinski definition) is 1. The molecule has 76 valence electrons. The molecule has 0 aliphatic rings. The van der Waals surface area contributed by atoms with Crippen LogP contribution in [0.25, 0.3) is 0 Å². The second-order valence-electron chi connectivity index (χ2n) is 4.46. The number of thiocarbonyl (C=S) groups is 1. The summed E-state index contributed by atoms with van der Waals surface area (Å²) in [4.78, 5) is 0.906. The zero-order chi connectivity index (χ0) is 10.6. The number of nitrogens with one attached hydrogen (secondary N) is 1. The molecule has 14 heavy (non-hydrogen) atoms. The Morgan fingerprint density at radius 2 is 1.79 bits per heavy atom. The van der Waals surface area contributed by atoms with Gasteiger partial charge >= 0.3 is 0 Å². The van der Waals surface area contributed by atoms with Gasteiger partial charge in [-0.15, -0.1) is 0 Å². The molecule has 1 aromatic carbocycles. The summed E-state index contributed by atoms with van der Waals surface area (Å²) in [5, 5.41) is 3.30. The van der Waals surface area contributed by atoms with Crippen LogP contribution in [0.1, 0.15) is 26.3 Å². The third-order valence-corrected chi connectivity index (χ3v) is 1.97. The lowest BCUT2D eigenvalue weighted by Gasteiger charge is -2.22. The molecule has 0 radical (unpaired) electrons. The zero-order valence-electron chi connectivity index (χ0n) is 9.00. The van der Waals surface area contributed by atoms with Gasteiger partial charge in [-0.3, -0.25) is 0 Å². The molecule has 0 saturated heterocycles. The molecule has 0 unspecified atom stereocenters. The van der Waals surface area contributed by atoms with Crippen molar-refractivity contribution in [2.75, 3.05) is 0 Å². The van der Waals surface area contributed by atoms with Gasteiger partial charge in [0.1, 0.15) is 0 Å². The van der Waals surface area contributed by atoms with Crippen molar-refractivity contribution in [3.05, 3.63) is 35.9 Å². The van der Waals surface area contributed by atoms with Gasteiger partial charge in [0.15, 0.2) is 0 Å². The van der Waals surface area contributed by atoms with Crippen LogP contribution in [0.3, 0.4) is 0 Å². The molecule has 0 fully saturated rings. The second kappa shape index (κ2) is 4.56. The standard InChI is InChI=1S/C12H17NS/c1-12(2,3)13-11(14)9-10-7-5-4-6-8-10/h4-8H,9H2,1-3H3,(H,13,14). The van der Waals surface area contributed by atoms with E-state index in [1.165, 1.54) is 5.56 Å². The third kappa shape index (κ3) is 4.38. The average molecular weight is 207 g/mol. The van der Waals surface area contributed by atoms with Crippen LogP contribution in [0.2, 0.25) is 0 Å². The van der Waals surface area contributed by atoms with Crippen LogP contribution >= 0.6 is 12.2 Å². The molecule has 0 aliphatic heterocycles. The molecule has 0 bridgehead atoms. The molecule has 1 nitrogen and oxygen atoms in total. The van der Waals surface area contributed by atoms with Crippen LogP contribution in [-0.4, -0.2) is 10.5 Å². The van der Waals surface area contributed by atoms with Crippen LogP contribution in [0, 0.1) is 0 Å². The van der Waals surface area contributed by atoms with Crippen LogP contribution in [0.15, 0.2) is 30.3 Å². The highest BCUT2D eigenvalue weighted by molar-refractivity contribution is 7.80. The predicted octanol–water partition coefficient (Wildman–Crippen LogP) is 2.94. The first-order chi connectivity index (χ1) is 6.47. The smallest absolute Gasteiger partial charge is 0.0801 e. The minimum absolute atomic E-state index is 0.0614. The predicted molar refractivity (Wildman–Crippen MR) is 65.6 cm³/mol. The normalized spacial score (nSPS) is 11.1. The topological polar surface area (TPSA) is 12.0 Å². The molecule has 0 aromatic heterocycles. The molecule has 0 spiro atoms. The monoisotopic (exact) mass is 207 g/mol. The Bertz CT molecular complexity index is 298. The van der Waals surface area contributed by atoms with E-state index in [4.69, 9.17) is 12.2 Å². The Labute approximate surface area is 91.5 Å². The first-order valence-corrected chi connectivity index (χ1v) is 5.23. The van der Waals surface area contributed by atoms with E-state index < -0.39 is 0 Å². The molecular formula is C12H17NS. The Kier molecular flexibility index (Phi) is 3.64. The van der Waals surface area contributed by atoms with E-state index in [0.717, 1.165) is 11.4 Å². The quantitative estimate of drug-likeness (QED) is 0.748. The molecule has 0 atom stereocenters. The van der Waals surface area contributed by atoms with Gasteiger partial charge < -0.3 is 5.32 Å². The van der Waals surface area contributed by atoms with Crippen LogP contribution in [0.4, 0.5) is 0 Å². The van der Waals surface area contributed by atoms with Crippen LogP contribution in [0.5, 0.6) is 0 Å². The highest BCUT2D eigenvalue weighted by Gasteiger charge is 2.10. The van der Waals surface area contributed by atoms with Gasteiger partial charge in [-0.1, -0.05) is 42.5 Å². The van der Waals surface area contributed by atoms with Gasteiger partial charge in [0.25, 0.3) is 0 Å². The lowest BCUT2D eigenvalue weighted by molar-refractivity contribution is 0.512. The molecular weight excluding hydrogens is 190 g/mol. The lowest BCUT2D eigenvalue weighted by Crippen LogP contribution is -2.40. The van der Waals surface area contributed by atoms with Crippen molar-refractivity contribution in [2.24, 2.45) is 0 Å². The van der Waals surface area contributed by atoms with Crippen molar-refractivity contribution >= 4 is 17.2 Å². The first kappa shape index (κ1) is 11.2. The number of rotatable bonds is 2. The van der Waals surface area contributed by atoms with Crippen molar-refractivity contribution in [1.82, 2.24) is 5.32 Å². The maximum Gasteiger partial charge on any atom is 0.0801 e.